The van der Waals surface area contributed by atoms with E-state index < -0.39 is 15.6 Å². The molecule has 5 saturated carbocycles. The Morgan fingerprint density at radius 2 is 1.62 bits per heavy atom. The number of piperazine rings is 1. The number of hydrogen-bond acceptors (Lipinski definition) is 5. The molecule has 0 unspecified atom stereocenters. The normalized spacial score (nSPS) is 51.2. The molecule has 7 heteroatoms. The number of fused-ring (bicyclic) bond motifs is 7. The van der Waals surface area contributed by atoms with E-state index >= 15 is 0 Å². The van der Waals surface area contributed by atoms with Gasteiger partial charge in [0.15, 0.2) is 5.78 Å². The molecule has 1 heterocycles. The van der Waals surface area contributed by atoms with Crippen LogP contribution < -0.4 is 0 Å². The molecule has 1 aliphatic heterocycles. The standard InChI is InChI=1S/C27H44N2O4S/c1-26(31)8-6-18-17(15-26)4-5-20-19(18)7-9-27(2)24(20)21-14-22(21)25(27)23(30)16-28-10-12-29(13-11-28)34(3,32)33/h17-22,24-25,31H,4-16H2,1-3H3/t17-,18+,19-,20-,21-,22+,24-,25-,26-,27+/m1/s1. The van der Waals surface area contributed by atoms with Crippen molar-refractivity contribution in [3.05, 3.63) is 0 Å². The van der Waals surface area contributed by atoms with Crippen molar-refractivity contribution in [2.24, 2.45) is 52.8 Å². The van der Waals surface area contributed by atoms with Gasteiger partial charge in [0.2, 0.25) is 10.0 Å². The first-order valence-corrected chi connectivity index (χ1v) is 15.8. The first-order chi connectivity index (χ1) is 16.0. The third kappa shape index (κ3) is 3.83. The summed E-state index contributed by atoms with van der Waals surface area (Å²) in [4.78, 5) is 15.9. The van der Waals surface area contributed by atoms with Gasteiger partial charge in [-0.3, -0.25) is 9.69 Å². The van der Waals surface area contributed by atoms with E-state index in [1.807, 2.05) is 6.92 Å². The highest BCUT2D eigenvalue weighted by atomic mass is 32.2. The van der Waals surface area contributed by atoms with E-state index in [9.17, 15) is 18.3 Å². The molecular formula is C27H44N2O4S. The number of hydrogen-bond donors (Lipinski definition) is 1. The average molecular weight is 493 g/mol. The number of ketones is 1. The van der Waals surface area contributed by atoms with Crippen LogP contribution in [0.1, 0.15) is 65.2 Å². The molecule has 5 aliphatic carbocycles. The lowest BCUT2D eigenvalue weighted by Gasteiger charge is -2.57. The lowest BCUT2D eigenvalue weighted by atomic mass is 9.48. The van der Waals surface area contributed by atoms with E-state index in [1.54, 1.807) is 4.31 Å². The highest BCUT2D eigenvalue weighted by Gasteiger charge is 2.70. The van der Waals surface area contributed by atoms with Crippen LogP contribution in [0.4, 0.5) is 0 Å². The zero-order valence-corrected chi connectivity index (χ0v) is 22.1. The second-order valence-electron chi connectivity index (χ2n) is 13.6. The molecule has 6 aliphatic rings. The van der Waals surface area contributed by atoms with Gasteiger partial charge in [0.05, 0.1) is 18.4 Å². The fourth-order valence-electron chi connectivity index (χ4n) is 10.2. The number of carbonyl (C=O) groups excluding carboxylic acids is 1. The van der Waals surface area contributed by atoms with Crippen LogP contribution in [-0.4, -0.2) is 73.1 Å². The predicted molar refractivity (Wildman–Crippen MR) is 131 cm³/mol. The van der Waals surface area contributed by atoms with Gasteiger partial charge in [-0.15, -0.1) is 0 Å². The number of rotatable bonds is 4. The Morgan fingerprint density at radius 1 is 0.912 bits per heavy atom. The number of carbonyl (C=O) groups is 1. The van der Waals surface area contributed by atoms with Crippen LogP contribution >= 0.6 is 0 Å². The van der Waals surface area contributed by atoms with Crippen molar-refractivity contribution < 1.29 is 18.3 Å². The number of nitrogens with zero attached hydrogens (tertiary/aromatic N) is 2. The van der Waals surface area contributed by atoms with Crippen LogP contribution in [0, 0.1) is 52.8 Å². The zero-order valence-electron chi connectivity index (χ0n) is 21.3. The fraction of sp³-hybridized carbons (Fsp3) is 0.963. The quantitative estimate of drug-likeness (QED) is 0.653. The van der Waals surface area contributed by atoms with Gasteiger partial charge in [-0.1, -0.05) is 6.92 Å². The molecule has 6 nitrogen and oxygen atoms in total. The molecule has 0 bridgehead atoms. The van der Waals surface area contributed by atoms with Crippen LogP contribution in [0.5, 0.6) is 0 Å². The van der Waals surface area contributed by atoms with E-state index in [0.717, 1.165) is 42.4 Å². The average Bonchev–Trinajstić information content (AvgIpc) is 3.46. The monoisotopic (exact) mass is 492 g/mol. The molecule has 34 heavy (non-hydrogen) atoms. The minimum absolute atomic E-state index is 0.160. The van der Waals surface area contributed by atoms with E-state index in [1.165, 1.54) is 44.8 Å². The van der Waals surface area contributed by atoms with Gasteiger partial charge < -0.3 is 5.11 Å². The predicted octanol–water partition coefficient (Wildman–Crippen LogP) is 3.01. The van der Waals surface area contributed by atoms with Crippen molar-refractivity contribution in [1.29, 1.82) is 0 Å². The minimum atomic E-state index is -3.14. The zero-order chi connectivity index (χ0) is 24.0. The maximum atomic E-state index is 13.7. The Morgan fingerprint density at radius 3 is 2.32 bits per heavy atom. The lowest BCUT2D eigenvalue weighted by molar-refractivity contribution is -0.137. The number of sulfonamides is 1. The van der Waals surface area contributed by atoms with E-state index in [-0.39, 0.29) is 11.3 Å². The lowest BCUT2D eigenvalue weighted by Crippen LogP contribution is -2.54. The van der Waals surface area contributed by atoms with E-state index in [2.05, 4.69) is 11.8 Å². The molecule has 1 saturated heterocycles. The first kappa shape index (κ1) is 23.9. The molecule has 0 radical (unpaired) electrons. The molecule has 0 aromatic heterocycles. The summed E-state index contributed by atoms with van der Waals surface area (Å²) in [6.07, 6.45) is 10.7. The maximum Gasteiger partial charge on any atom is 0.211 e. The molecule has 0 spiro atoms. The summed E-state index contributed by atoms with van der Waals surface area (Å²) in [6, 6.07) is 0. The van der Waals surface area contributed by atoms with E-state index in [4.69, 9.17) is 0 Å². The van der Waals surface area contributed by atoms with Gasteiger partial charge in [0, 0.05) is 32.1 Å². The van der Waals surface area contributed by atoms with Crippen LogP contribution in [0.15, 0.2) is 0 Å². The molecule has 0 aromatic carbocycles. The molecule has 192 valence electrons. The topological polar surface area (TPSA) is 77.9 Å². The van der Waals surface area contributed by atoms with Crippen molar-refractivity contribution in [2.45, 2.75) is 70.8 Å². The summed E-state index contributed by atoms with van der Waals surface area (Å²) in [7, 11) is -3.14. The SMILES string of the molecule is C[C@@]1(O)CC[C@H]2[C@H](CC[C@@H]3[C@@H]2CC[C@@]2(C)[C@H]3[C@@H]3C[C@@H]3[C@@H]2C(=O)CN2CCN(S(C)(=O)=O)CC2)C1. The Labute approximate surface area is 205 Å². The summed E-state index contributed by atoms with van der Waals surface area (Å²) in [5.74, 6) is 5.82. The van der Waals surface area contributed by atoms with Gasteiger partial charge in [0.25, 0.3) is 0 Å². The van der Waals surface area contributed by atoms with Crippen LogP contribution in [0.2, 0.25) is 0 Å². The van der Waals surface area contributed by atoms with Crippen LogP contribution in [-0.2, 0) is 14.8 Å². The molecule has 0 aromatic rings. The smallest absolute Gasteiger partial charge is 0.211 e. The van der Waals surface area contributed by atoms with Gasteiger partial charge in [-0.25, -0.2) is 8.42 Å². The summed E-state index contributed by atoms with van der Waals surface area (Å²) in [6.45, 7) is 7.33. The molecule has 10 atom stereocenters. The van der Waals surface area contributed by atoms with Gasteiger partial charge in [-0.05, 0) is 105 Å². The second-order valence-corrected chi connectivity index (χ2v) is 15.6. The number of aliphatic hydroxyl groups is 1. The third-order valence-corrected chi connectivity index (χ3v) is 12.9. The third-order valence-electron chi connectivity index (χ3n) is 11.6. The largest absolute Gasteiger partial charge is 0.390 e. The maximum absolute atomic E-state index is 13.7. The van der Waals surface area contributed by atoms with Gasteiger partial charge in [0.1, 0.15) is 0 Å². The molecule has 6 rings (SSSR count). The van der Waals surface area contributed by atoms with Crippen molar-refractivity contribution in [3.63, 3.8) is 0 Å². The first-order valence-electron chi connectivity index (χ1n) is 13.9. The van der Waals surface area contributed by atoms with Gasteiger partial charge >= 0.3 is 0 Å². The molecule has 6 fully saturated rings. The molecule has 1 N–H and O–H groups in total. The summed E-state index contributed by atoms with van der Waals surface area (Å²) < 4.78 is 25.2. The summed E-state index contributed by atoms with van der Waals surface area (Å²) >= 11 is 0. The highest BCUT2D eigenvalue weighted by molar-refractivity contribution is 7.88. The summed E-state index contributed by atoms with van der Waals surface area (Å²) in [5.41, 5.74) is -0.302. The number of Topliss-reactive ketones (excluding diaryl/α,β-unsaturated/α-hetero) is 1. The minimum Gasteiger partial charge on any atom is -0.390 e. The van der Waals surface area contributed by atoms with Crippen LogP contribution in [0.25, 0.3) is 0 Å². The Balaban J connectivity index is 1.14. The Kier molecular flexibility index (Phi) is 5.62. The highest BCUT2D eigenvalue weighted by Crippen LogP contribution is 2.74. The van der Waals surface area contributed by atoms with Crippen molar-refractivity contribution >= 4 is 15.8 Å². The molecule has 0 amide bonds. The van der Waals surface area contributed by atoms with Crippen molar-refractivity contribution in [3.8, 4) is 0 Å². The Bertz CT molecular complexity index is 942. The summed E-state index contributed by atoms with van der Waals surface area (Å²) in [5, 5.41) is 10.7. The molecular weight excluding hydrogens is 448 g/mol. The van der Waals surface area contributed by atoms with Crippen LogP contribution in [0.3, 0.4) is 0 Å². The second kappa shape index (κ2) is 8.00. The Hall–Kier alpha value is -0.500. The van der Waals surface area contributed by atoms with Crippen molar-refractivity contribution in [1.82, 2.24) is 9.21 Å². The van der Waals surface area contributed by atoms with E-state index in [0.29, 0.717) is 50.3 Å². The van der Waals surface area contributed by atoms with Gasteiger partial charge in [-0.2, -0.15) is 4.31 Å². The van der Waals surface area contributed by atoms with Crippen molar-refractivity contribution in [2.75, 3.05) is 39.0 Å². The fourth-order valence-corrected chi connectivity index (χ4v) is 11.0.